The van der Waals surface area contributed by atoms with Crippen LogP contribution in [0.25, 0.3) is 5.57 Å². The van der Waals surface area contributed by atoms with Gasteiger partial charge < -0.3 is 14.2 Å². The van der Waals surface area contributed by atoms with Crippen LogP contribution in [0.1, 0.15) is 63.5 Å². The first-order valence-corrected chi connectivity index (χ1v) is 8.17. The molecule has 1 aromatic carbocycles. The molecule has 2 rings (SSSR count). The zero-order chi connectivity index (χ0) is 16.3. The van der Waals surface area contributed by atoms with Crippen LogP contribution in [0.4, 0.5) is 0 Å². The first-order valence-electron chi connectivity index (χ1n) is 8.17. The monoisotopic (exact) mass is 304 g/mol. The van der Waals surface area contributed by atoms with E-state index in [2.05, 4.69) is 26.8 Å². The number of ether oxygens (including phenoxy) is 3. The Morgan fingerprint density at radius 1 is 0.955 bits per heavy atom. The first-order chi connectivity index (χ1) is 10.6. The molecule has 1 unspecified atom stereocenters. The molecule has 3 nitrogen and oxygen atoms in total. The van der Waals surface area contributed by atoms with Gasteiger partial charge >= 0.3 is 0 Å². The van der Waals surface area contributed by atoms with E-state index in [0.29, 0.717) is 11.7 Å². The van der Waals surface area contributed by atoms with Crippen molar-refractivity contribution in [1.82, 2.24) is 0 Å². The zero-order valence-electron chi connectivity index (χ0n) is 14.7. The Kier molecular flexibility index (Phi) is 5.38. The maximum Gasteiger partial charge on any atom is 0.203 e. The summed E-state index contributed by atoms with van der Waals surface area (Å²) in [6, 6.07) is 2.14. The van der Waals surface area contributed by atoms with Crippen molar-refractivity contribution in [1.29, 1.82) is 0 Å². The molecule has 1 aliphatic carbocycles. The third-order valence-electron chi connectivity index (χ3n) is 4.61. The van der Waals surface area contributed by atoms with Gasteiger partial charge in [0.2, 0.25) is 5.75 Å². The lowest BCUT2D eigenvalue weighted by Crippen LogP contribution is -2.02. The van der Waals surface area contributed by atoms with Crippen LogP contribution in [-0.4, -0.2) is 21.3 Å². The maximum absolute atomic E-state index is 5.71. The normalized spacial score (nSPS) is 16.7. The van der Waals surface area contributed by atoms with Crippen molar-refractivity contribution in [3.05, 3.63) is 22.8 Å². The van der Waals surface area contributed by atoms with Crippen molar-refractivity contribution in [3.8, 4) is 17.2 Å². The second-order valence-corrected chi connectivity index (χ2v) is 5.85. The highest BCUT2D eigenvalue weighted by Gasteiger charge is 2.33. The van der Waals surface area contributed by atoms with Gasteiger partial charge in [-0.1, -0.05) is 32.3 Å². The van der Waals surface area contributed by atoms with E-state index in [0.717, 1.165) is 30.8 Å². The summed E-state index contributed by atoms with van der Waals surface area (Å²) in [5.41, 5.74) is 5.44. The molecule has 0 saturated carbocycles. The van der Waals surface area contributed by atoms with Crippen LogP contribution >= 0.6 is 0 Å². The van der Waals surface area contributed by atoms with Gasteiger partial charge in [0.1, 0.15) is 0 Å². The van der Waals surface area contributed by atoms with E-state index in [1.165, 1.54) is 23.1 Å². The van der Waals surface area contributed by atoms with Crippen LogP contribution < -0.4 is 14.2 Å². The number of hydrogen-bond acceptors (Lipinski definition) is 3. The molecule has 0 amide bonds. The van der Waals surface area contributed by atoms with Crippen molar-refractivity contribution in [3.63, 3.8) is 0 Å². The highest BCUT2D eigenvalue weighted by atomic mass is 16.5. The van der Waals surface area contributed by atoms with E-state index in [-0.39, 0.29) is 0 Å². The molecule has 22 heavy (non-hydrogen) atoms. The molecular formula is C19H28O3. The SMILES string of the molecule is CCCC1=C(C)c2c(cc(OC)c(OC)c2OC)C1CCC. The van der Waals surface area contributed by atoms with E-state index >= 15 is 0 Å². The Hall–Kier alpha value is -1.64. The standard InChI is InChI=1S/C19H28O3/c1-7-9-13-12(3)17-15(14(13)10-8-2)11-16(20-4)18(21-5)19(17)22-6/h11,14H,7-10H2,1-6H3. The lowest BCUT2D eigenvalue weighted by molar-refractivity contribution is 0.323. The molecule has 1 aliphatic rings. The summed E-state index contributed by atoms with van der Waals surface area (Å²) in [7, 11) is 5.05. The van der Waals surface area contributed by atoms with E-state index in [4.69, 9.17) is 14.2 Å². The van der Waals surface area contributed by atoms with Crippen molar-refractivity contribution >= 4 is 5.57 Å². The minimum absolute atomic E-state index is 0.480. The topological polar surface area (TPSA) is 27.7 Å². The smallest absolute Gasteiger partial charge is 0.203 e. The molecule has 0 bridgehead atoms. The Labute approximate surface area is 134 Å². The highest BCUT2D eigenvalue weighted by Crippen LogP contribution is 2.54. The third kappa shape index (κ3) is 2.57. The molecule has 0 aromatic heterocycles. The van der Waals surface area contributed by atoms with Crippen LogP contribution in [0, 0.1) is 0 Å². The Morgan fingerprint density at radius 2 is 1.64 bits per heavy atom. The summed E-state index contributed by atoms with van der Waals surface area (Å²) in [5, 5.41) is 0. The van der Waals surface area contributed by atoms with Crippen LogP contribution in [0.5, 0.6) is 17.2 Å². The minimum atomic E-state index is 0.480. The molecule has 0 saturated heterocycles. The molecular weight excluding hydrogens is 276 g/mol. The lowest BCUT2D eigenvalue weighted by Gasteiger charge is -2.19. The quantitative estimate of drug-likeness (QED) is 0.694. The number of rotatable bonds is 7. The molecule has 122 valence electrons. The van der Waals surface area contributed by atoms with Gasteiger partial charge in [0, 0.05) is 11.5 Å². The second-order valence-electron chi connectivity index (χ2n) is 5.85. The van der Waals surface area contributed by atoms with Crippen molar-refractivity contribution in [2.24, 2.45) is 0 Å². The van der Waals surface area contributed by atoms with Crippen molar-refractivity contribution < 1.29 is 14.2 Å². The van der Waals surface area contributed by atoms with Gasteiger partial charge in [-0.15, -0.1) is 0 Å². The van der Waals surface area contributed by atoms with E-state index in [1.54, 1.807) is 26.9 Å². The average molecular weight is 304 g/mol. The number of allylic oxidation sites excluding steroid dienone is 2. The Balaban J connectivity index is 2.70. The molecule has 0 radical (unpaired) electrons. The van der Waals surface area contributed by atoms with Gasteiger partial charge in [-0.25, -0.2) is 0 Å². The Morgan fingerprint density at radius 3 is 2.14 bits per heavy atom. The first kappa shape index (κ1) is 16.7. The van der Waals surface area contributed by atoms with Crippen molar-refractivity contribution in [2.75, 3.05) is 21.3 Å². The summed E-state index contributed by atoms with van der Waals surface area (Å²) in [5.74, 6) is 2.73. The fourth-order valence-corrected chi connectivity index (χ4v) is 3.70. The van der Waals surface area contributed by atoms with Crippen LogP contribution in [0.2, 0.25) is 0 Å². The van der Waals surface area contributed by atoms with Crippen LogP contribution in [0.3, 0.4) is 0 Å². The summed E-state index contributed by atoms with van der Waals surface area (Å²) in [4.78, 5) is 0. The average Bonchev–Trinajstić information content (AvgIpc) is 2.79. The highest BCUT2D eigenvalue weighted by molar-refractivity contribution is 5.84. The summed E-state index contributed by atoms with van der Waals surface area (Å²) in [6.45, 7) is 6.70. The van der Waals surface area contributed by atoms with Crippen molar-refractivity contribution in [2.45, 2.75) is 52.4 Å². The molecule has 0 spiro atoms. The van der Waals surface area contributed by atoms with Gasteiger partial charge in [0.15, 0.2) is 11.5 Å². The number of hydrogen-bond donors (Lipinski definition) is 0. The molecule has 1 aromatic rings. The predicted octanol–water partition coefficient (Wildman–Crippen LogP) is 5.18. The summed E-state index contributed by atoms with van der Waals surface area (Å²) < 4.78 is 16.8. The van der Waals surface area contributed by atoms with Gasteiger partial charge in [-0.3, -0.25) is 0 Å². The van der Waals surface area contributed by atoms with Gasteiger partial charge in [-0.2, -0.15) is 0 Å². The predicted molar refractivity (Wildman–Crippen MR) is 91.2 cm³/mol. The second kappa shape index (κ2) is 7.08. The molecule has 1 atom stereocenters. The largest absolute Gasteiger partial charge is 0.493 e. The van der Waals surface area contributed by atoms with Crippen LogP contribution in [-0.2, 0) is 0 Å². The van der Waals surface area contributed by atoms with E-state index in [1.807, 2.05) is 0 Å². The molecule has 0 aliphatic heterocycles. The van der Waals surface area contributed by atoms with E-state index in [9.17, 15) is 0 Å². The molecule has 0 fully saturated rings. The van der Waals surface area contributed by atoms with Gasteiger partial charge in [0.05, 0.1) is 21.3 Å². The number of benzene rings is 1. The maximum atomic E-state index is 5.71. The fraction of sp³-hybridized carbons (Fsp3) is 0.579. The minimum Gasteiger partial charge on any atom is -0.493 e. The Bertz CT molecular complexity index is 573. The van der Waals surface area contributed by atoms with Crippen LogP contribution in [0.15, 0.2) is 11.6 Å². The third-order valence-corrected chi connectivity index (χ3v) is 4.61. The number of fused-ring (bicyclic) bond motifs is 1. The fourth-order valence-electron chi connectivity index (χ4n) is 3.70. The zero-order valence-corrected chi connectivity index (χ0v) is 14.7. The van der Waals surface area contributed by atoms with E-state index < -0.39 is 0 Å². The molecule has 0 heterocycles. The molecule has 0 N–H and O–H groups in total. The summed E-state index contributed by atoms with van der Waals surface area (Å²) in [6.07, 6.45) is 4.63. The lowest BCUT2D eigenvalue weighted by atomic mass is 9.89. The number of methoxy groups -OCH3 is 3. The molecule has 3 heteroatoms. The summed E-state index contributed by atoms with van der Waals surface area (Å²) >= 11 is 0. The van der Waals surface area contributed by atoms with Gasteiger partial charge in [0.25, 0.3) is 0 Å². The van der Waals surface area contributed by atoms with Gasteiger partial charge in [-0.05, 0) is 37.0 Å².